The van der Waals surface area contributed by atoms with E-state index in [1.807, 2.05) is 6.08 Å². The summed E-state index contributed by atoms with van der Waals surface area (Å²) in [6.45, 7) is 0.797. The van der Waals surface area contributed by atoms with Gasteiger partial charge in [0.15, 0.2) is 5.78 Å². The molecule has 0 fully saturated rings. The molecule has 0 unspecified atom stereocenters. The van der Waals surface area contributed by atoms with E-state index < -0.39 is 0 Å². The van der Waals surface area contributed by atoms with Gasteiger partial charge in [0.05, 0.1) is 0 Å². The largest absolute Gasteiger partial charge is 0.321 e. The molecule has 2 aliphatic rings. The first-order valence-corrected chi connectivity index (χ1v) is 3.28. The van der Waals surface area contributed by atoms with E-state index in [4.69, 9.17) is 0 Å². The van der Waals surface area contributed by atoms with Gasteiger partial charge in [0.1, 0.15) is 0 Å². The smallest absolute Gasteiger partial charge is 0.159 e. The predicted octanol–water partition coefficient (Wildman–Crippen LogP) is -0.123. The molecule has 3 nitrogen and oxygen atoms in total. The molecule has 0 aromatic carbocycles. The Labute approximate surface area is 58.8 Å². The zero-order valence-electron chi connectivity index (χ0n) is 5.48. The number of hydrogen-bond acceptors (Lipinski definition) is 3. The van der Waals surface area contributed by atoms with Gasteiger partial charge in [0, 0.05) is 18.7 Å². The van der Waals surface area contributed by atoms with Gasteiger partial charge in [-0.3, -0.25) is 4.79 Å². The molecular weight excluding hydrogens is 128 g/mol. The minimum atomic E-state index is 0.198. The van der Waals surface area contributed by atoms with E-state index in [-0.39, 0.29) is 5.78 Å². The monoisotopic (exact) mass is 136 g/mol. The maximum atomic E-state index is 10.8. The molecule has 0 amide bonds. The molecule has 3 heteroatoms. The number of rotatable bonds is 0. The summed E-state index contributed by atoms with van der Waals surface area (Å²) < 4.78 is 0. The Hall–Kier alpha value is -1.09. The third-order valence-corrected chi connectivity index (χ3v) is 1.73. The van der Waals surface area contributed by atoms with E-state index in [9.17, 15) is 4.79 Å². The second-order valence-electron chi connectivity index (χ2n) is 2.47. The van der Waals surface area contributed by atoms with Gasteiger partial charge in [-0.2, -0.15) is 0 Å². The minimum Gasteiger partial charge on any atom is -0.321 e. The lowest BCUT2D eigenvalue weighted by Gasteiger charge is -2.03. The summed E-state index contributed by atoms with van der Waals surface area (Å²) in [6, 6.07) is 0. The van der Waals surface area contributed by atoms with E-state index in [0.717, 1.165) is 12.2 Å². The van der Waals surface area contributed by atoms with Crippen molar-refractivity contribution >= 4 is 5.78 Å². The van der Waals surface area contributed by atoms with Gasteiger partial charge in [-0.1, -0.05) is 0 Å². The highest BCUT2D eigenvalue weighted by molar-refractivity contribution is 5.93. The standard InChI is InChI=1S/C7H8N2O/c10-6-1-2-7-5(3-6)4-8-9-7/h1-2,8-9H,3-4H2. The van der Waals surface area contributed by atoms with Gasteiger partial charge < -0.3 is 5.43 Å². The summed E-state index contributed by atoms with van der Waals surface area (Å²) in [6.07, 6.45) is 4.01. The first-order valence-electron chi connectivity index (χ1n) is 3.28. The molecule has 2 rings (SSSR count). The quantitative estimate of drug-likeness (QED) is 0.487. The maximum absolute atomic E-state index is 10.8. The van der Waals surface area contributed by atoms with Crippen LogP contribution < -0.4 is 10.9 Å². The summed E-state index contributed by atoms with van der Waals surface area (Å²) in [5, 5.41) is 0. The second kappa shape index (κ2) is 1.95. The Morgan fingerprint density at radius 1 is 1.40 bits per heavy atom. The Bertz CT molecular complexity index is 240. The Kier molecular flexibility index (Phi) is 1.11. The SMILES string of the molecule is O=C1C=CC2=C(CNN2)C1. The van der Waals surface area contributed by atoms with Crippen LogP contribution in [0.4, 0.5) is 0 Å². The molecule has 1 heterocycles. The van der Waals surface area contributed by atoms with Crippen molar-refractivity contribution in [3.05, 3.63) is 23.4 Å². The van der Waals surface area contributed by atoms with Crippen LogP contribution in [0.25, 0.3) is 0 Å². The summed E-state index contributed by atoms with van der Waals surface area (Å²) in [4.78, 5) is 10.8. The molecule has 0 saturated carbocycles. The molecule has 2 N–H and O–H groups in total. The number of hydrogen-bond donors (Lipinski definition) is 2. The van der Waals surface area contributed by atoms with Crippen molar-refractivity contribution in [1.29, 1.82) is 0 Å². The summed E-state index contributed by atoms with van der Waals surface area (Å²) in [7, 11) is 0. The fourth-order valence-electron chi connectivity index (χ4n) is 1.19. The summed E-state index contributed by atoms with van der Waals surface area (Å²) in [5.41, 5.74) is 8.17. The van der Waals surface area contributed by atoms with Crippen LogP contribution in [-0.4, -0.2) is 12.3 Å². The van der Waals surface area contributed by atoms with Crippen molar-refractivity contribution in [2.24, 2.45) is 0 Å². The molecular formula is C7H8N2O. The van der Waals surface area contributed by atoms with Gasteiger partial charge >= 0.3 is 0 Å². The number of allylic oxidation sites excluding steroid dienone is 2. The highest BCUT2D eigenvalue weighted by Crippen LogP contribution is 2.16. The second-order valence-corrected chi connectivity index (χ2v) is 2.47. The van der Waals surface area contributed by atoms with E-state index in [1.165, 1.54) is 5.57 Å². The number of ketones is 1. The van der Waals surface area contributed by atoms with Crippen molar-refractivity contribution in [2.45, 2.75) is 6.42 Å². The minimum absolute atomic E-state index is 0.198. The average Bonchev–Trinajstić information content (AvgIpc) is 2.33. The molecule has 1 aliphatic heterocycles. The Morgan fingerprint density at radius 3 is 3.20 bits per heavy atom. The van der Waals surface area contributed by atoms with Crippen molar-refractivity contribution in [2.75, 3.05) is 6.54 Å². The van der Waals surface area contributed by atoms with Crippen LogP contribution >= 0.6 is 0 Å². The molecule has 1 aliphatic carbocycles. The lowest BCUT2D eigenvalue weighted by Crippen LogP contribution is -2.22. The van der Waals surface area contributed by atoms with E-state index in [1.54, 1.807) is 6.08 Å². The van der Waals surface area contributed by atoms with Crippen LogP contribution in [0.5, 0.6) is 0 Å². The van der Waals surface area contributed by atoms with Crippen molar-refractivity contribution in [1.82, 2.24) is 10.9 Å². The number of carbonyl (C=O) groups is 1. The zero-order valence-corrected chi connectivity index (χ0v) is 5.48. The Balaban J connectivity index is 2.30. The fourth-order valence-corrected chi connectivity index (χ4v) is 1.19. The zero-order chi connectivity index (χ0) is 6.97. The lowest BCUT2D eigenvalue weighted by molar-refractivity contribution is -0.114. The molecule has 52 valence electrons. The molecule has 0 atom stereocenters. The summed E-state index contributed by atoms with van der Waals surface area (Å²) in [5.74, 6) is 0.198. The molecule has 0 radical (unpaired) electrons. The molecule has 0 aromatic heterocycles. The van der Waals surface area contributed by atoms with Crippen LogP contribution in [0, 0.1) is 0 Å². The molecule has 10 heavy (non-hydrogen) atoms. The highest BCUT2D eigenvalue weighted by Gasteiger charge is 2.16. The van der Waals surface area contributed by atoms with Gasteiger partial charge in [0.2, 0.25) is 0 Å². The number of carbonyl (C=O) groups excluding carboxylic acids is 1. The van der Waals surface area contributed by atoms with Crippen molar-refractivity contribution in [3.8, 4) is 0 Å². The normalized spacial score (nSPS) is 23.0. The first kappa shape index (κ1) is 5.68. The number of nitrogens with one attached hydrogen (secondary N) is 2. The van der Waals surface area contributed by atoms with Gasteiger partial charge in [0.25, 0.3) is 0 Å². The van der Waals surface area contributed by atoms with Gasteiger partial charge in [-0.25, -0.2) is 5.43 Å². The van der Waals surface area contributed by atoms with Crippen molar-refractivity contribution in [3.63, 3.8) is 0 Å². The Morgan fingerprint density at radius 2 is 2.30 bits per heavy atom. The van der Waals surface area contributed by atoms with E-state index >= 15 is 0 Å². The van der Waals surface area contributed by atoms with E-state index in [0.29, 0.717) is 6.42 Å². The van der Waals surface area contributed by atoms with E-state index in [2.05, 4.69) is 10.9 Å². The van der Waals surface area contributed by atoms with Crippen LogP contribution in [0.15, 0.2) is 23.4 Å². The molecule has 0 spiro atoms. The maximum Gasteiger partial charge on any atom is 0.159 e. The average molecular weight is 136 g/mol. The van der Waals surface area contributed by atoms with Crippen LogP contribution in [-0.2, 0) is 4.79 Å². The van der Waals surface area contributed by atoms with Gasteiger partial charge in [-0.05, 0) is 17.7 Å². The van der Waals surface area contributed by atoms with Crippen LogP contribution in [0.3, 0.4) is 0 Å². The first-order chi connectivity index (χ1) is 4.86. The fraction of sp³-hybridized carbons (Fsp3) is 0.286. The number of hydrazine groups is 1. The van der Waals surface area contributed by atoms with Gasteiger partial charge in [-0.15, -0.1) is 0 Å². The highest BCUT2D eigenvalue weighted by atomic mass is 16.1. The summed E-state index contributed by atoms with van der Waals surface area (Å²) >= 11 is 0. The third-order valence-electron chi connectivity index (χ3n) is 1.73. The van der Waals surface area contributed by atoms with Crippen LogP contribution in [0.2, 0.25) is 0 Å². The lowest BCUT2D eigenvalue weighted by atomic mass is 10.0. The molecule has 0 bridgehead atoms. The van der Waals surface area contributed by atoms with Crippen molar-refractivity contribution < 1.29 is 4.79 Å². The molecule has 0 saturated heterocycles. The molecule has 0 aromatic rings. The predicted molar refractivity (Wildman–Crippen MR) is 36.9 cm³/mol. The topological polar surface area (TPSA) is 41.1 Å². The van der Waals surface area contributed by atoms with Crippen LogP contribution in [0.1, 0.15) is 6.42 Å². The third kappa shape index (κ3) is 0.752.